The molecule has 0 saturated heterocycles. The number of esters is 1. The number of methoxy groups -OCH3 is 1. The molecule has 1 unspecified atom stereocenters. The van der Waals surface area contributed by atoms with Crippen LogP contribution in [0.2, 0.25) is 0 Å². The van der Waals surface area contributed by atoms with Crippen molar-refractivity contribution in [3.63, 3.8) is 0 Å². The molecule has 0 bridgehead atoms. The van der Waals surface area contributed by atoms with Crippen LogP contribution in [-0.2, 0) is 39.7 Å². The van der Waals surface area contributed by atoms with Crippen LogP contribution in [0.25, 0.3) is 0 Å². The number of rotatable bonds is 15. The zero-order valence-corrected chi connectivity index (χ0v) is 18.2. The van der Waals surface area contributed by atoms with Gasteiger partial charge in [0.05, 0.1) is 26.9 Å². The van der Waals surface area contributed by atoms with E-state index in [0.29, 0.717) is 45.2 Å². The minimum Gasteiger partial charge on any atom is -0.491 e. The summed E-state index contributed by atoms with van der Waals surface area (Å²) in [5, 5.41) is 0. The molecule has 178 valence electrons. The molecule has 1 rings (SSSR count). The zero-order valence-electron chi connectivity index (χ0n) is 17.4. The number of halogens is 3. The molecule has 1 aromatic carbocycles. The number of hydrogen-bond donors (Lipinski definition) is 0. The fourth-order valence-electron chi connectivity index (χ4n) is 2.37. The third-order valence-corrected chi connectivity index (χ3v) is 4.97. The summed E-state index contributed by atoms with van der Waals surface area (Å²) >= 11 is 0. The zero-order chi connectivity index (χ0) is 23.3. The molecule has 0 radical (unpaired) electrons. The molecule has 8 nitrogen and oxygen atoms in total. The number of carbonyl (C=O) groups is 1. The maximum Gasteiger partial charge on any atom is 0.523 e. The van der Waals surface area contributed by atoms with Crippen molar-refractivity contribution in [3.8, 4) is 5.75 Å². The molecule has 1 atom stereocenters. The first-order chi connectivity index (χ1) is 14.6. The molecule has 0 aromatic heterocycles. The Bertz CT molecular complexity index is 750. The van der Waals surface area contributed by atoms with Gasteiger partial charge in [0.1, 0.15) is 12.4 Å². The van der Waals surface area contributed by atoms with E-state index in [9.17, 15) is 26.4 Å². The summed E-state index contributed by atoms with van der Waals surface area (Å²) in [5.74, 6) is -0.579. The van der Waals surface area contributed by atoms with E-state index >= 15 is 0 Å². The Morgan fingerprint density at radius 2 is 1.65 bits per heavy atom. The first kappa shape index (κ1) is 27.1. The smallest absolute Gasteiger partial charge is 0.491 e. The molecule has 0 N–H and O–H groups in total. The molecular formula is C19H27F3O8S. The van der Waals surface area contributed by atoms with Crippen molar-refractivity contribution in [3.05, 3.63) is 29.8 Å². The summed E-state index contributed by atoms with van der Waals surface area (Å²) in [7, 11) is -4.97. The van der Waals surface area contributed by atoms with Gasteiger partial charge in [-0.2, -0.15) is 21.6 Å². The maximum atomic E-state index is 12.5. The van der Waals surface area contributed by atoms with Crippen molar-refractivity contribution in [2.24, 2.45) is 0 Å². The van der Waals surface area contributed by atoms with Gasteiger partial charge < -0.3 is 18.9 Å². The van der Waals surface area contributed by atoms with Crippen LogP contribution in [0.4, 0.5) is 13.2 Å². The van der Waals surface area contributed by atoms with Gasteiger partial charge in [-0.15, -0.1) is 0 Å². The van der Waals surface area contributed by atoms with Crippen molar-refractivity contribution in [1.82, 2.24) is 0 Å². The first-order valence-corrected chi connectivity index (χ1v) is 11.0. The van der Waals surface area contributed by atoms with E-state index in [1.807, 2.05) is 6.92 Å². The van der Waals surface area contributed by atoms with Gasteiger partial charge in [0.2, 0.25) is 0 Å². The summed E-state index contributed by atoms with van der Waals surface area (Å²) in [6.07, 6.45) is -1.56. The maximum absolute atomic E-state index is 12.5. The predicted octanol–water partition coefficient (Wildman–Crippen LogP) is 2.85. The lowest BCUT2D eigenvalue weighted by atomic mass is 10.1. The van der Waals surface area contributed by atoms with E-state index in [0.717, 1.165) is 12.7 Å². The second-order valence-electron chi connectivity index (χ2n) is 6.20. The highest BCUT2D eigenvalue weighted by atomic mass is 32.2. The summed E-state index contributed by atoms with van der Waals surface area (Å²) in [4.78, 5) is 11.6. The quantitative estimate of drug-likeness (QED) is 0.166. The van der Waals surface area contributed by atoms with Crippen LogP contribution in [0, 0.1) is 0 Å². The Morgan fingerprint density at radius 1 is 1.03 bits per heavy atom. The monoisotopic (exact) mass is 472 g/mol. The van der Waals surface area contributed by atoms with E-state index < -0.39 is 27.7 Å². The number of ether oxygens (including phenoxy) is 4. The van der Waals surface area contributed by atoms with Crippen molar-refractivity contribution in [2.75, 3.05) is 40.1 Å². The van der Waals surface area contributed by atoms with E-state index in [1.165, 1.54) is 0 Å². The largest absolute Gasteiger partial charge is 0.523 e. The molecule has 0 aliphatic rings. The Labute approximate surface area is 179 Å². The molecule has 0 fully saturated rings. The van der Waals surface area contributed by atoms with Crippen molar-refractivity contribution in [2.45, 2.75) is 37.8 Å². The average Bonchev–Trinajstić information content (AvgIpc) is 2.72. The first-order valence-electron chi connectivity index (χ1n) is 9.55. The van der Waals surface area contributed by atoms with Crippen molar-refractivity contribution < 1.29 is 49.5 Å². The topological polar surface area (TPSA) is 97.4 Å². The number of benzene rings is 1. The molecule has 12 heteroatoms. The standard InChI is InChI=1S/C19H27F3O8S/c1-3-27-11-12-28-13-14-29-16-9-7-15(8-10-16)5-4-6-17(18(23)26-2)30-31(24,25)19(20,21)22/h7-10,17H,3-6,11-14H2,1-2H3. The number of carbonyl (C=O) groups excluding carboxylic acids is 1. The van der Waals surface area contributed by atoms with Crippen LogP contribution in [-0.4, -0.2) is 66.1 Å². The lowest BCUT2D eigenvalue weighted by Crippen LogP contribution is -2.34. The summed E-state index contributed by atoms with van der Waals surface area (Å²) < 4.78 is 84.1. The van der Waals surface area contributed by atoms with Crippen molar-refractivity contribution in [1.29, 1.82) is 0 Å². The van der Waals surface area contributed by atoms with Crippen LogP contribution >= 0.6 is 0 Å². The van der Waals surface area contributed by atoms with Crippen LogP contribution in [0.5, 0.6) is 5.75 Å². The van der Waals surface area contributed by atoms with E-state index in [2.05, 4.69) is 8.92 Å². The van der Waals surface area contributed by atoms with E-state index in [4.69, 9.17) is 14.2 Å². The highest BCUT2D eigenvalue weighted by Crippen LogP contribution is 2.27. The second kappa shape index (κ2) is 13.5. The van der Waals surface area contributed by atoms with Crippen molar-refractivity contribution >= 4 is 16.1 Å². The third-order valence-electron chi connectivity index (χ3n) is 3.92. The Hall–Kier alpha value is -1.89. The molecule has 0 spiro atoms. The minimum absolute atomic E-state index is 0.195. The van der Waals surface area contributed by atoms with Crippen LogP contribution < -0.4 is 4.74 Å². The van der Waals surface area contributed by atoms with Crippen LogP contribution in [0.15, 0.2) is 24.3 Å². The lowest BCUT2D eigenvalue weighted by molar-refractivity contribution is -0.149. The van der Waals surface area contributed by atoms with Gasteiger partial charge in [0, 0.05) is 6.61 Å². The molecule has 31 heavy (non-hydrogen) atoms. The summed E-state index contributed by atoms with van der Waals surface area (Å²) in [6, 6.07) is 6.95. The number of hydrogen-bond acceptors (Lipinski definition) is 8. The third kappa shape index (κ3) is 10.3. The Kier molecular flexibility index (Phi) is 11.8. The molecule has 0 aliphatic carbocycles. The van der Waals surface area contributed by atoms with Gasteiger partial charge in [-0.05, 0) is 43.9 Å². The highest BCUT2D eigenvalue weighted by Gasteiger charge is 2.49. The lowest BCUT2D eigenvalue weighted by Gasteiger charge is -2.16. The van der Waals surface area contributed by atoms with Gasteiger partial charge in [-0.25, -0.2) is 8.98 Å². The van der Waals surface area contributed by atoms with Gasteiger partial charge >= 0.3 is 21.6 Å². The Morgan fingerprint density at radius 3 is 2.23 bits per heavy atom. The van der Waals surface area contributed by atoms with Crippen LogP contribution in [0.3, 0.4) is 0 Å². The predicted molar refractivity (Wildman–Crippen MR) is 104 cm³/mol. The van der Waals surface area contributed by atoms with E-state index in [-0.39, 0.29) is 12.8 Å². The van der Waals surface area contributed by atoms with Gasteiger partial charge in [-0.3, -0.25) is 0 Å². The van der Waals surface area contributed by atoms with Gasteiger partial charge in [0.25, 0.3) is 0 Å². The molecule has 0 heterocycles. The number of aryl methyl sites for hydroxylation is 1. The van der Waals surface area contributed by atoms with Crippen LogP contribution in [0.1, 0.15) is 25.3 Å². The molecule has 1 aromatic rings. The number of alkyl halides is 3. The molecule has 0 aliphatic heterocycles. The molecule has 0 amide bonds. The summed E-state index contributed by atoms with van der Waals surface area (Å²) in [6.45, 7) is 4.30. The van der Waals surface area contributed by atoms with E-state index in [1.54, 1.807) is 24.3 Å². The average molecular weight is 472 g/mol. The fourth-order valence-corrected chi connectivity index (χ4v) is 2.96. The molecule has 0 saturated carbocycles. The second-order valence-corrected chi connectivity index (χ2v) is 7.77. The van der Waals surface area contributed by atoms with Gasteiger partial charge in [0.15, 0.2) is 6.10 Å². The Balaban J connectivity index is 2.44. The summed E-state index contributed by atoms with van der Waals surface area (Å²) in [5.41, 5.74) is -4.80. The normalized spacial score (nSPS) is 13.1. The molecular weight excluding hydrogens is 445 g/mol. The van der Waals surface area contributed by atoms with Gasteiger partial charge in [-0.1, -0.05) is 12.1 Å². The minimum atomic E-state index is -5.91. The SMILES string of the molecule is CCOCCOCCOc1ccc(CCCC(OS(=O)(=O)C(F)(F)F)C(=O)OC)cc1. The highest BCUT2D eigenvalue weighted by molar-refractivity contribution is 7.87. The fraction of sp³-hybridized carbons (Fsp3) is 0.632.